The minimum Gasteiger partial charge on any atom is -0.343 e. The fourth-order valence-electron chi connectivity index (χ4n) is 2.17. The number of nitrogens with one attached hydrogen (secondary N) is 2. The standard InChI is InChI=1S/C11H14N4/c1-2-8(6-12-5-1)9-3-4-10-11(15-9)14-7-13-10/h3-4,7-8,12H,1-2,5-6H2,(H,13,14,15). The number of aromatic nitrogens is 3. The Morgan fingerprint density at radius 3 is 3.20 bits per heavy atom. The minimum atomic E-state index is 0.555. The molecule has 1 aliphatic rings. The van der Waals surface area contributed by atoms with Crippen LogP contribution in [0.1, 0.15) is 24.5 Å². The summed E-state index contributed by atoms with van der Waals surface area (Å²) in [6.45, 7) is 2.18. The third-order valence-electron chi connectivity index (χ3n) is 3.02. The molecule has 0 saturated carbocycles. The summed E-state index contributed by atoms with van der Waals surface area (Å²) in [6.07, 6.45) is 4.17. The highest BCUT2D eigenvalue weighted by molar-refractivity contribution is 5.69. The average molecular weight is 202 g/mol. The number of H-pyrrole nitrogens is 1. The zero-order valence-electron chi connectivity index (χ0n) is 8.53. The van der Waals surface area contributed by atoms with Gasteiger partial charge in [0.15, 0.2) is 5.65 Å². The summed E-state index contributed by atoms with van der Waals surface area (Å²) in [5.41, 5.74) is 3.02. The van der Waals surface area contributed by atoms with Crippen LogP contribution < -0.4 is 5.32 Å². The molecule has 0 amide bonds. The van der Waals surface area contributed by atoms with E-state index in [-0.39, 0.29) is 0 Å². The molecule has 4 nitrogen and oxygen atoms in total. The fraction of sp³-hybridized carbons (Fsp3) is 0.455. The van der Waals surface area contributed by atoms with Gasteiger partial charge >= 0.3 is 0 Å². The molecule has 1 saturated heterocycles. The highest BCUT2D eigenvalue weighted by Crippen LogP contribution is 2.22. The molecule has 1 aliphatic heterocycles. The Balaban J connectivity index is 1.95. The van der Waals surface area contributed by atoms with Crippen molar-refractivity contribution in [1.29, 1.82) is 0 Å². The van der Waals surface area contributed by atoms with E-state index in [4.69, 9.17) is 0 Å². The summed E-state index contributed by atoms with van der Waals surface area (Å²) in [4.78, 5) is 11.8. The first-order valence-electron chi connectivity index (χ1n) is 5.44. The van der Waals surface area contributed by atoms with Crippen LogP contribution in [0.2, 0.25) is 0 Å². The number of nitrogens with zero attached hydrogens (tertiary/aromatic N) is 2. The molecule has 2 aromatic rings. The van der Waals surface area contributed by atoms with Crippen LogP contribution in [0, 0.1) is 0 Å². The van der Waals surface area contributed by atoms with Crippen molar-refractivity contribution in [2.45, 2.75) is 18.8 Å². The third kappa shape index (κ3) is 1.61. The Hall–Kier alpha value is -1.42. The summed E-state index contributed by atoms with van der Waals surface area (Å²) < 4.78 is 0. The normalized spacial score (nSPS) is 22.0. The van der Waals surface area contributed by atoms with E-state index < -0.39 is 0 Å². The first kappa shape index (κ1) is 8.85. The second-order valence-corrected chi connectivity index (χ2v) is 4.05. The van der Waals surface area contributed by atoms with Gasteiger partial charge in [0.2, 0.25) is 0 Å². The van der Waals surface area contributed by atoms with Crippen molar-refractivity contribution in [2.75, 3.05) is 13.1 Å². The number of piperidine rings is 1. The monoisotopic (exact) mass is 202 g/mol. The molecule has 3 rings (SSSR count). The van der Waals surface area contributed by atoms with Crippen LogP contribution in [0.5, 0.6) is 0 Å². The average Bonchev–Trinajstić information content (AvgIpc) is 2.77. The van der Waals surface area contributed by atoms with E-state index in [1.54, 1.807) is 6.33 Å². The van der Waals surface area contributed by atoms with Crippen LogP contribution in [0.3, 0.4) is 0 Å². The molecule has 0 aromatic carbocycles. The molecule has 1 unspecified atom stereocenters. The maximum atomic E-state index is 4.58. The second kappa shape index (κ2) is 3.62. The quantitative estimate of drug-likeness (QED) is 0.735. The van der Waals surface area contributed by atoms with Crippen LogP contribution in [0.25, 0.3) is 11.2 Å². The first-order valence-corrected chi connectivity index (χ1v) is 5.44. The van der Waals surface area contributed by atoms with Crippen molar-refractivity contribution in [1.82, 2.24) is 20.3 Å². The Labute approximate surface area is 88.1 Å². The summed E-state index contributed by atoms with van der Waals surface area (Å²) in [7, 11) is 0. The van der Waals surface area contributed by atoms with Crippen LogP contribution >= 0.6 is 0 Å². The number of fused-ring (bicyclic) bond motifs is 1. The molecule has 15 heavy (non-hydrogen) atoms. The topological polar surface area (TPSA) is 53.6 Å². The van der Waals surface area contributed by atoms with Gasteiger partial charge in [-0.1, -0.05) is 0 Å². The largest absolute Gasteiger partial charge is 0.343 e. The number of pyridine rings is 1. The van der Waals surface area contributed by atoms with Crippen molar-refractivity contribution >= 4 is 11.2 Å². The van der Waals surface area contributed by atoms with Gasteiger partial charge in [-0.2, -0.15) is 0 Å². The van der Waals surface area contributed by atoms with Gasteiger partial charge in [0.25, 0.3) is 0 Å². The van der Waals surface area contributed by atoms with Crippen molar-refractivity contribution in [3.63, 3.8) is 0 Å². The van der Waals surface area contributed by atoms with Gasteiger partial charge in [-0.05, 0) is 31.5 Å². The lowest BCUT2D eigenvalue weighted by Gasteiger charge is -2.21. The molecule has 3 heterocycles. The highest BCUT2D eigenvalue weighted by Gasteiger charge is 2.16. The van der Waals surface area contributed by atoms with Crippen LogP contribution in [0.4, 0.5) is 0 Å². The summed E-state index contributed by atoms with van der Waals surface area (Å²) in [5, 5.41) is 3.41. The van der Waals surface area contributed by atoms with E-state index >= 15 is 0 Å². The predicted molar refractivity (Wildman–Crippen MR) is 58.7 cm³/mol. The summed E-state index contributed by atoms with van der Waals surface area (Å²) in [5.74, 6) is 0.555. The lowest BCUT2D eigenvalue weighted by atomic mass is 9.96. The number of hydrogen-bond acceptors (Lipinski definition) is 3. The van der Waals surface area contributed by atoms with Crippen molar-refractivity contribution in [3.8, 4) is 0 Å². The van der Waals surface area contributed by atoms with Gasteiger partial charge < -0.3 is 10.3 Å². The SMILES string of the molecule is c1nc2nc(C3CCCNC3)ccc2[nH]1. The van der Waals surface area contributed by atoms with Gasteiger partial charge in [-0.25, -0.2) is 9.97 Å². The number of rotatable bonds is 1. The molecule has 0 aliphatic carbocycles. The number of hydrogen-bond donors (Lipinski definition) is 2. The molecule has 0 spiro atoms. The molecule has 1 fully saturated rings. The summed E-state index contributed by atoms with van der Waals surface area (Å²) in [6, 6.07) is 4.18. The van der Waals surface area contributed by atoms with Crippen molar-refractivity contribution in [3.05, 3.63) is 24.2 Å². The lowest BCUT2D eigenvalue weighted by Crippen LogP contribution is -2.28. The van der Waals surface area contributed by atoms with Gasteiger partial charge in [0.1, 0.15) is 0 Å². The maximum Gasteiger partial charge on any atom is 0.177 e. The lowest BCUT2D eigenvalue weighted by molar-refractivity contribution is 0.455. The predicted octanol–water partition coefficient (Wildman–Crippen LogP) is 1.42. The van der Waals surface area contributed by atoms with Gasteiger partial charge in [0, 0.05) is 18.2 Å². The molecule has 2 aromatic heterocycles. The zero-order valence-corrected chi connectivity index (χ0v) is 8.53. The number of imidazole rings is 1. The van der Waals surface area contributed by atoms with E-state index in [1.807, 2.05) is 0 Å². The second-order valence-electron chi connectivity index (χ2n) is 4.05. The van der Waals surface area contributed by atoms with E-state index in [1.165, 1.54) is 18.5 Å². The number of aromatic amines is 1. The Kier molecular flexibility index (Phi) is 2.14. The first-order chi connectivity index (χ1) is 7.43. The molecular formula is C11H14N4. The summed E-state index contributed by atoms with van der Waals surface area (Å²) >= 11 is 0. The smallest absolute Gasteiger partial charge is 0.177 e. The van der Waals surface area contributed by atoms with Gasteiger partial charge in [-0.3, -0.25) is 0 Å². The molecule has 1 atom stereocenters. The molecule has 0 radical (unpaired) electrons. The third-order valence-corrected chi connectivity index (χ3v) is 3.02. The van der Waals surface area contributed by atoms with Crippen molar-refractivity contribution < 1.29 is 0 Å². The van der Waals surface area contributed by atoms with Crippen LogP contribution in [-0.2, 0) is 0 Å². The molecule has 78 valence electrons. The van der Waals surface area contributed by atoms with Crippen molar-refractivity contribution in [2.24, 2.45) is 0 Å². The van der Waals surface area contributed by atoms with Gasteiger partial charge in [0.05, 0.1) is 11.8 Å². The maximum absolute atomic E-state index is 4.58. The highest BCUT2D eigenvalue weighted by atomic mass is 15.0. The van der Waals surface area contributed by atoms with Crippen LogP contribution in [0.15, 0.2) is 18.5 Å². The zero-order chi connectivity index (χ0) is 10.1. The van der Waals surface area contributed by atoms with Crippen LogP contribution in [-0.4, -0.2) is 28.0 Å². The molecule has 4 heteroatoms. The molecule has 2 N–H and O–H groups in total. The minimum absolute atomic E-state index is 0.555. The fourth-order valence-corrected chi connectivity index (χ4v) is 2.17. The van der Waals surface area contributed by atoms with E-state index in [9.17, 15) is 0 Å². The molecule has 0 bridgehead atoms. The Bertz CT molecular complexity index is 456. The van der Waals surface area contributed by atoms with E-state index in [2.05, 4.69) is 32.4 Å². The molecular weight excluding hydrogens is 188 g/mol. The van der Waals surface area contributed by atoms with E-state index in [0.717, 1.165) is 24.3 Å². The van der Waals surface area contributed by atoms with E-state index in [0.29, 0.717) is 5.92 Å². The Morgan fingerprint density at radius 1 is 1.33 bits per heavy atom. The van der Waals surface area contributed by atoms with Gasteiger partial charge in [-0.15, -0.1) is 0 Å². The Morgan fingerprint density at radius 2 is 2.33 bits per heavy atom.